The Morgan fingerprint density at radius 2 is 1.21 bits per heavy atom. The van der Waals surface area contributed by atoms with Gasteiger partial charge in [0.15, 0.2) is 0 Å². The van der Waals surface area contributed by atoms with Gasteiger partial charge in [0.2, 0.25) is 0 Å². The van der Waals surface area contributed by atoms with Crippen LogP contribution in [0.15, 0.2) is 72.8 Å². The molecule has 2 nitrogen and oxygen atoms in total. The van der Waals surface area contributed by atoms with Crippen LogP contribution in [0.5, 0.6) is 0 Å². The van der Waals surface area contributed by atoms with Crippen LogP contribution in [0.1, 0.15) is 63.1 Å². The maximum Gasteiger partial charge on any atom is 0.0385 e. The molecule has 2 heteroatoms. The highest BCUT2D eigenvalue weighted by atomic mass is 14.9. The molecule has 0 radical (unpaired) electrons. The van der Waals surface area contributed by atoms with E-state index in [1.54, 1.807) is 0 Å². The number of nitrogen functional groups attached to an aromatic ring is 1. The van der Waals surface area contributed by atoms with E-state index >= 15 is 0 Å². The van der Waals surface area contributed by atoms with Crippen molar-refractivity contribution in [2.24, 2.45) is 0 Å². The van der Waals surface area contributed by atoms with Crippen molar-refractivity contribution in [3.05, 3.63) is 89.5 Å². The Morgan fingerprint density at radius 1 is 0.714 bits per heavy atom. The predicted octanol–water partition coefficient (Wildman–Crippen LogP) is 7.51. The minimum absolute atomic E-state index is 0.638. The zero-order valence-electron chi connectivity index (χ0n) is 17.9. The number of rotatable bonds is 5. The van der Waals surface area contributed by atoms with E-state index in [1.165, 1.54) is 16.7 Å². The molecule has 0 saturated heterocycles. The quantitative estimate of drug-likeness (QED) is 0.453. The summed E-state index contributed by atoms with van der Waals surface area (Å²) in [6, 6.07) is 24.8. The molecule has 0 aliphatic rings. The largest absolute Gasteiger partial charge is 0.399 e. The second-order valence-electron chi connectivity index (χ2n) is 7.78. The maximum absolute atomic E-state index is 5.59. The van der Waals surface area contributed by atoms with Gasteiger partial charge in [-0.15, -0.1) is 0 Å². The van der Waals surface area contributed by atoms with Gasteiger partial charge in [-0.25, -0.2) is 0 Å². The van der Waals surface area contributed by atoms with Crippen LogP contribution < -0.4 is 11.1 Å². The number of para-hydroxylation sites is 1. The first-order valence-electron chi connectivity index (χ1n) is 10.2. The van der Waals surface area contributed by atoms with E-state index in [-0.39, 0.29) is 0 Å². The molecule has 28 heavy (non-hydrogen) atoms. The Balaban J connectivity index is 0.000000200. The van der Waals surface area contributed by atoms with E-state index < -0.39 is 0 Å². The number of hydrogen-bond acceptors (Lipinski definition) is 2. The standard InChI is InChI=1S/C14H22.C12H12N2/c1-6-12-7-13(10(2)3)9-14(8-12)11(4)5;13-10-6-8-12(9-7-10)14-11-4-2-1-3-5-11/h7-11H,6H2,1-5H3;1-9,14H,13H2. The molecule has 0 amide bonds. The highest BCUT2D eigenvalue weighted by Crippen LogP contribution is 2.23. The molecule has 0 fully saturated rings. The molecule has 0 spiro atoms. The molecule has 0 bridgehead atoms. The Morgan fingerprint density at radius 3 is 1.68 bits per heavy atom. The van der Waals surface area contributed by atoms with E-state index in [2.05, 4.69) is 58.1 Å². The fourth-order valence-electron chi connectivity index (χ4n) is 2.87. The van der Waals surface area contributed by atoms with Crippen molar-refractivity contribution in [1.29, 1.82) is 0 Å². The Bertz CT molecular complexity index is 808. The van der Waals surface area contributed by atoms with Gasteiger partial charge in [0, 0.05) is 17.1 Å². The SMILES string of the molecule is CCc1cc(C(C)C)cc(C(C)C)c1.Nc1ccc(Nc2ccccc2)cc1. The normalized spacial score (nSPS) is 10.5. The Kier molecular flexibility index (Phi) is 8.13. The predicted molar refractivity (Wildman–Crippen MR) is 125 cm³/mol. The smallest absolute Gasteiger partial charge is 0.0385 e. The molecule has 0 aliphatic heterocycles. The molecular formula is C26H34N2. The van der Waals surface area contributed by atoms with E-state index in [4.69, 9.17) is 5.73 Å². The van der Waals surface area contributed by atoms with Crippen LogP contribution in [0.25, 0.3) is 0 Å². The minimum Gasteiger partial charge on any atom is -0.399 e. The second kappa shape index (κ2) is 10.6. The first kappa shape index (κ1) is 21.6. The number of benzene rings is 3. The van der Waals surface area contributed by atoms with Crippen molar-refractivity contribution >= 4 is 17.1 Å². The molecule has 3 aromatic rings. The summed E-state index contributed by atoms with van der Waals surface area (Å²) in [6.07, 6.45) is 1.14. The van der Waals surface area contributed by atoms with Crippen molar-refractivity contribution in [3.8, 4) is 0 Å². The molecule has 0 aliphatic carbocycles. The lowest BCUT2D eigenvalue weighted by molar-refractivity contribution is 0.827. The van der Waals surface area contributed by atoms with E-state index in [9.17, 15) is 0 Å². The van der Waals surface area contributed by atoms with Crippen LogP contribution in [0.4, 0.5) is 17.1 Å². The number of anilines is 3. The monoisotopic (exact) mass is 374 g/mol. The fraction of sp³-hybridized carbons (Fsp3) is 0.308. The highest BCUT2D eigenvalue weighted by Gasteiger charge is 2.06. The van der Waals surface area contributed by atoms with Crippen LogP contribution in [-0.4, -0.2) is 0 Å². The van der Waals surface area contributed by atoms with Crippen LogP contribution in [0, 0.1) is 0 Å². The molecular weight excluding hydrogens is 340 g/mol. The third-order valence-electron chi connectivity index (χ3n) is 4.75. The van der Waals surface area contributed by atoms with Crippen molar-refractivity contribution in [1.82, 2.24) is 0 Å². The van der Waals surface area contributed by atoms with Crippen LogP contribution in [-0.2, 0) is 6.42 Å². The first-order valence-corrected chi connectivity index (χ1v) is 10.2. The van der Waals surface area contributed by atoms with Gasteiger partial charge in [-0.3, -0.25) is 0 Å². The van der Waals surface area contributed by atoms with Gasteiger partial charge in [0.25, 0.3) is 0 Å². The third kappa shape index (κ3) is 6.77. The van der Waals surface area contributed by atoms with Crippen molar-refractivity contribution in [2.45, 2.75) is 52.9 Å². The summed E-state index contributed by atoms with van der Waals surface area (Å²) >= 11 is 0. The molecule has 3 aromatic carbocycles. The van der Waals surface area contributed by atoms with Gasteiger partial charge in [0.05, 0.1) is 0 Å². The topological polar surface area (TPSA) is 38.0 Å². The van der Waals surface area contributed by atoms with Gasteiger partial charge in [-0.1, -0.05) is 71.0 Å². The summed E-state index contributed by atoms with van der Waals surface area (Å²) in [4.78, 5) is 0. The Hall–Kier alpha value is -2.74. The van der Waals surface area contributed by atoms with E-state index in [0.29, 0.717) is 11.8 Å². The average Bonchev–Trinajstić information content (AvgIpc) is 2.70. The number of nitrogens with two attached hydrogens (primary N) is 1. The van der Waals surface area contributed by atoms with Gasteiger partial charge < -0.3 is 11.1 Å². The average molecular weight is 375 g/mol. The minimum atomic E-state index is 0.638. The Labute approximate surface area is 170 Å². The van der Waals surface area contributed by atoms with Gasteiger partial charge in [0.1, 0.15) is 0 Å². The van der Waals surface area contributed by atoms with Crippen molar-refractivity contribution in [3.63, 3.8) is 0 Å². The molecule has 0 aromatic heterocycles. The second-order valence-corrected chi connectivity index (χ2v) is 7.78. The first-order chi connectivity index (χ1) is 13.4. The third-order valence-corrected chi connectivity index (χ3v) is 4.75. The van der Waals surface area contributed by atoms with E-state index in [0.717, 1.165) is 23.5 Å². The van der Waals surface area contributed by atoms with Crippen LogP contribution >= 0.6 is 0 Å². The molecule has 3 N–H and O–H groups in total. The summed E-state index contributed by atoms with van der Waals surface area (Å²) < 4.78 is 0. The number of aryl methyl sites for hydroxylation is 1. The molecule has 148 valence electrons. The molecule has 3 rings (SSSR count). The van der Waals surface area contributed by atoms with Gasteiger partial charge >= 0.3 is 0 Å². The van der Waals surface area contributed by atoms with Gasteiger partial charge in [-0.05, 0) is 71.3 Å². The van der Waals surface area contributed by atoms with Crippen LogP contribution in [0.3, 0.4) is 0 Å². The van der Waals surface area contributed by atoms with Gasteiger partial charge in [-0.2, -0.15) is 0 Å². The summed E-state index contributed by atoms with van der Waals surface area (Å²) in [6.45, 7) is 11.3. The summed E-state index contributed by atoms with van der Waals surface area (Å²) in [5, 5.41) is 3.28. The number of hydrogen-bond donors (Lipinski definition) is 2. The van der Waals surface area contributed by atoms with Crippen molar-refractivity contribution in [2.75, 3.05) is 11.1 Å². The lowest BCUT2D eigenvalue weighted by Gasteiger charge is -2.13. The zero-order valence-corrected chi connectivity index (χ0v) is 17.9. The van der Waals surface area contributed by atoms with E-state index in [1.807, 2.05) is 54.6 Å². The number of nitrogens with one attached hydrogen (secondary N) is 1. The lowest BCUT2D eigenvalue weighted by atomic mass is 9.92. The molecule has 0 unspecified atom stereocenters. The van der Waals surface area contributed by atoms with Crippen molar-refractivity contribution < 1.29 is 0 Å². The molecule has 0 saturated carbocycles. The summed E-state index contributed by atoms with van der Waals surface area (Å²) in [5.74, 6) is 1.28. The maximum atomic E-state index is 5.59. The fourth-order valence-corrected chi connectivity index (χ4v) is 2.87. The van der Waals surface area contributed by atoms with Crippen LogP contribution in [0.2, 0.25) is 0 Å². The molecule has 0 heterocycles. The highest BCUT2D eigenvalue weighted by molar-refractivity contribution is 5.61. The zero-order chi connectivity index (χ0) is 20.5. The lowest BCUT2D eigenvalue weighted by Crippen LogP contribution is -1.96. The summed E-state index contributed by atoms with van der Waals surface area (Å²) in [7, 11) is 0. The summed E-state index contributed by atoms with van der Waals surface area (Å²) in [5.41, 5.74) is 12.9. The molecule has 0 atom stereocenters.